The normalized spacial score (nSPS) is 10.2. The van der Waals surface area contributed by atoms with E-state index in [0.717, 1.165) is 11.3 Å². The summed E-state index contributed by atoms with van der Waals surface area (Å²) in [4.78, 5) is 28.1. The smallest absolute Gasteiger partial charge is 0.255 e. The first-order chi connectivity index (χ1) is 13.5. The van der Waals surface area contributed by atoms with Crippen LogP contribution in [0.25, 0.3) is 11.3 Å². The molecule has 2 rings (SSSR count). The van der Waals surface area contributed by atoms with Crippen LogP contribution in [0.2, 0.25) is 0 Å². The molecule has 1 heterocycles. The monoisotopic (exact) mass is 386 g/mol. The van der Waals surface area contributed by atoms with E-state index in [9.17, 15) is 9.59 Å². The van der Waals surface area contributed by atoms with E-state index >= 15 is 0 Å². The lowest BCUT2D eigenvalue weighted by atomic mass is 10.1. The summed E-state index contributed by atoms with van der Waals surface area (Å²) in [5.41, 5.74) is 2.02. The number of hydrogen-bond acceptors (Lipinski definition) is 6. The summed E-state index contributed by atoms with van der Waals surface area (Å²) in [6.45, 7) is 3.11. The average molecular weight is 386 g/mol. The minimum atomic E-state index is -0.269. The van der Waals surface area contributed by atoms with Gasteiger partial charge in [0, 0.05) is 39.2 Å². The van der Waals surface area contributed by atoms with Gasteiger partial charge in [0.15, 0.2) is 0 Å². The van der Waals surface area contributed by atoms with Gasteiger partial charge in [-0.1, -0.05) is 12.1 Å². The molecule has 0 aliphatic carbocycles. The van der Waals surface area contributed by atoms with Crippen molar-refractivity contribution in [3.63, 3.8) is 0 Å². The highest BCUT2D eigenvalue weighted by atomic mass is 16.5. The molecule has 2 amide bonds. The Morgan fingerprint density at radius 1 is 1.04 bits per heavy atom. The van der Waals surface area contributed by atoms with E-state index in [-0.39, 0.29) is 11.8 Å². The van der Waals surface area contributed by atoms with Gasteiger partial charge < -0.3 is 25.4 Å². The number of carbonyl (C=O) groups is 2. The fourth-order valence-corrected chi connectivity index (χ4v) is 2.50. The quantitative estimate of drug-likeness (QED) is 0.537. The molecule has 0 bridgehead atoms. The second-order valence-electron chi connectivity index (χ2n) is 5.98. The number of nitrogens with one attached hydrogen (secondary N) is 3. The van der Waals surface area contributed by atoms with Crippen molar-refractivity contribution >= 4 is 17.6 Å². The van der Waals surface area contributed by atoms with Gasteiger partial charge in [0.1, 0.15) is 11.6 Å². The first kappa shape index (κ1) is 21.2. The molecule has 0 spiro atoms. The minimum absolute atomic E-state index is 0.138. The number of carbonyl (C=O) groups excluding carboxylic acids is 2. The fraction of sp³-hybridized carbons (Fsp3) is 0.350. The predicted molar refractivity (Wildman–Crippen MR) is 108 cm³/mol. The number of amides is 2. The molecule has 0 saturated carbocycles. The predicted octanol–water partition coefficient (Wildman–Crippen LogP) is 1.68. The van der Waals surface area contributed by atoms with Crippen molar-refractivity contribution in [3.8, 4) is 17.0 Å². The summed E-state index contributed by atoms with van der Waals surface area (Å²) in [6, 6.07) is 11.1. The number of pyridine rings is 1. The van der Waals surface area contributed by atoms with E-state index in [2.05, 4.69) is 20.9 Å². The zero-order chi connectivity index (χ0) is 20.4. The van der Waals surface area contributed by atoms with Gasteiger partial charge >= 0.3 is 0 Å². The lowest BCUT2D eigenvalue weighted by Crippen LogP contribution is -2.34. The van der Waals surface area contributed by atoms with E-state index in [1.807, 2.05) is 24.3 Å². The summed E-state index contributed by atoms with van der Waals surface area (Å²) in [6.07, 6.45) is 0. The van der Waals surface area contributed by atoms with Crippen LogP contribution in [0.3, 0.4) is 0 Å². The maximum atomic E-state index is 12.5. The van der Waals surface area contributed by atoms with Crippen molar-refractivity contribution in [3.05, 3.63) is 42.0 Å². The maximum absolute atomic E-state index is 12.5. The fourth-order valence-electron chi connectivity index (χ4n) is 2.50. The van der Waals surface area contributed by atoms with Gasteiger partial charge in [-0.3, -0.25) is 9.59 Å². The van der Waals surface area contributed by atoms with Crippen molar-refractivity contribution in [1.29, 1.82) is 0 Å². The van der Waals surface area contributed by atoms with Crippen molar-refractivity contribution in [1.82, 2.24) is 15.6 Å². The Balaban J connectivity index is 2.21. The second kappa shape index (κ2) is 10.9. The van der Waals surface area contributed by atoms with Crippen LogP contribution in [-0.2, 0) is 9.53 Å². The number of nitrogens with zero attached hydrogens (tertiary/aromatic N) is 1. The largest absolute Gasteiger partial charge is 0.497 e. The van der Waals surface area contributed by atoms with Gasteiger partial charge in [-0.2, -0.15) is 0 Å². The standard InChI is InChI=1S/C20H26N4O4/c1-14(25)21-9-10-23-20(26)17-7-8-18(24-19(17)22-11-12-27-2)15-5-4-6-16(13-15)28-3/h4-8,13H,9-12H2,1-3H3,(H,21,25)(H,22,24)(H,23,26). The highest BCUT2D eigenvalue weighted by molar-refractivity contribution is 5.99. The molecule has 1 aromatic carbocycles. The van der Waals surface area contributed by atoms with Crippen molar-refractivity contribution < 1.29 is 19.1 Å². The van der Waals surface area contributed by atoms with Crippen LogP contribution in [0.5, 0.6) is 5.75 Å². The molecule has 8 nitrogen and oxygen atoms in total. The Bertz CT molecular complexity index is 811. The molecule has 150 valence electrons. The molecular formula is C20H26N4O4. The lowest BCUT2D eigenvalue weighted by Gasteiger charge is -2.13. The zero-order valence-corrected chi connectivity index (χ0v) is 16.4. The van der Waals surface area contributed by atoms with E-state index in [0.29, 0.717) is 43.3 Å². The second-order valence-corrected chi connectivity index (χ2v) is 5.98. The number of benzene rings is 1. The van der Waals surface area contributed by atoms with Gasteiger partial charge in [-0.15, -0.1) is 0 Å². The van der Waals surface area contributed by atoms with Gasteiger partial charge in [0.2, 0.25) is 5.91 Å². The molecule has 28 heavy (non-hydrogen) atoms. The molecule has 2 aromatic rings. The minimum Gasteiger partial charge on any atom is -0.497 e. The molecule has 3 N–H and O–H groups in total. The molecule has 0 aliphatic rings. The van der Waals surface area contributed by atoms with Crippen LogP contribution in [0, 0.1) is 0 Å². The van der Waals surface area contributed by atoms with E-state index in [1.165, 1.54) is 6.92 Å². The number of anilines is 1. The average Bonchev–Trinajstić information content (AvgIpc) is 2.71. The molecule has 1 aromatic heterocycles. The molecule has 0 aliphatic heterocycles. The first-order valence-electron chi connectivity index (χ1n) is 8.96. The number of methoxy groups -OCH3 is 2. The SMILES string of the molecule is COCCNc1nc(-c2cccc(OC)c2)ccc1C(=O)NCCNC(C)=O. The van der Waals surface area contributed by atoms with Crippen LogP contribution in [0.15, 0.2) is 36.4 Å². The van der Waals surface area contributed by atoms with Gasteiger partial charge in [0.05, 0.1) is 25.0 Å². The van der Waals surface area contributed by atoms with Crippen LogP contribution in [0.4, 0.5) is 5.82 Å². The third-order valence-electron chi connectivity index (χ3n) is 3.89. The Labute approximate surface area is 164 Å². The van der Waals surface area contributed by atoms with Gasteiger partial charge in [-0.05, 0) is 24.3 Å². The Morgan fingerprint density at radius 2 is 1.82 bits per heavy atom. The number of aromatic nitrogens is 1. The first-order valence-corrected chi connectivity index (χ1v) is 8.96. The van der Waals surface area contributed by atoms with Crippen molar-refractivity contribution in [2.24, 2.45) is 0 Å². The molecular weight excluding hydrogens is 360 g/mol. The topological polar surface area (TPSA) is 102 Å². The maximum Gasteiger partial charge on any atom is 0.255 e. The van der Waals surface area contributed by atoms with Crippen LogP contribution in [-0.4, -0.2) is 57.3 Å². The summed E-state index contributed by atoms with van der Waals surface area (Å²) in [5, 5.41) is 8.56. The Hall–Kier alpha value is -3.13. The third-order valence-corrected chi connectivity index (χ3v) is 3.89. The molecule has 0 radical (unpaired) electrons. The molecule has 0 unspecified atom stereocenters. The summed E-state index contributed by atoms with van der Waals surface area (Å²) in [5.74, 6) is 0.790. The number of ether oxygens (including phenoxy) is 2. The Morgan fingerprint density at radius 3 is 2.54 bits per heavy atom. The molecule has 8 heteroatoms. The van der Waals surface area contributed by atoms with Crippen LogP contribution < -0.4 is 20.7 Å². The zero-order valence-electron chi connectivity index (χ0n) is 16.4. The summed E-state index contributed by atoms with van der Waals surface area (Å²) >= 11 is 0. The lowest BCUT2D eigenvalue weighted by molar-refractivity contribution is -0.118. The summed E-state index contributed by atoms with van der Waals surface area (Å²) in [7, 11) is 3.22. The molecule has 0 saturated heterocycles. The Kier molecular flexibility index (Phi) is 8.23. The van der Waals surface area contributed by atoms with Gasteiger partial charge in [0.25, 0.3) is 5.91 Å². The van der Waals surface area contributed by atoms with E-state index in [4.69, 9.17) is 9.47 Å². The summed E-state index contributed by atoms with van der Waals surface area (Å²) < 4.78 is 10.3. The highest BCUT2D eigenvalue weighted by Crippen LogP contribution is 2.25. The van der Waals surface area contributed by atoms with Gasteiger partial charge in [-0.25, -0.2) is 4.98 Å². The van der Waals surface area contributed by atoms with Crippen molar-refractivity contribution in [2.75, 3.05) is 45.8 Å². The molecule has 0 atom stereocenters. The third kappa shape index (κ3) is 6.24. The molecule has 0 fully saturated rings. The van der Waals surface area contributed by atoms with Crippen molar-refractivity contribution in [2.45, 2.75) is 6.92 Å². The van der Waals surface area contributed by atoms with E-state index < -0.39 is 0 Å². The van der Waals surface area contributed by atoms with E-state index in [1.54, 1.807) is 26.4 Å². The van der Waals surface area contributed by atoms with Crippen LogP contribution in [0.1, 0.15) is 17.3 Å². The highest BCUT2D eigenvalue weighted by Gasteiger charge is 2.14. The number of rotatable bonds is 10. The van der Waals surface area contributed by atoms with Crippen LogP contribution >= 0.6 is 0 Å². The number of hydrogen-bond donors (Lipinski definition) is 3.